The van der Waals surface area contributed by atoms with Crippen LogP contribution in [0.5, 0.6) is 11.5 Å². The van der Waals surface area contributed by atoms with Crippen LogP contribution in [0.2, 0.25) is 0 Å². The summed E-state index contributed by atoms with van der Waals surface area (Å²) in [4.78, 5) is 11.1. The van der Waals surface area contributed by atoms with Gasteiger partial charge in [-0.05, 0) is 110 Å². The van der Waals surface area contributed by atoms with E-state index in [1.165, 1.54) is 4.70 Å². The number of thiazole rings is 1. The van der Waals surface area contributed by atoms with Crippen molar-refractivity contribution in [3.8, 4) is 33.8 Å². The molecule has 0 saturated heterocycles. The molecular weight excluding hydrogens is 647 g/mol. The number of carbonyl (C=O) groups is 1. The van der Waals surface area contributed by atoms with E-state index in [9.17, 15) is 4.79 Å². The van der Waals surface area contributed by atoms with Gasteiger partial charge in [0.05, 0.1) is 36.3 Å². The summed E-state index contributed by atoms with van der Waals surface area (Å²) in [5.74, 6) is 1.72. The van der Waals surface area contributed by atoms with Crippen LogP contribution in [0.15, 0.2) is 101 Å². The Morgan fingerprint density at radius 3 is 1.92 bits per heavy atom. The molecule has 0 fully saturated rings. The molecule has 0 aliphatic heterocycles. The molecule has 4 aromatic carbocycles. The molecule has 0 radical (unpaired) electrons. The zero-order chi connectivity index (χ0) is 34.8. The molecule has 0 atom stereocenters. The van der Waals surface area contributed by atoms with E-state index in [0.29, 0.717) is 26.3 Å². The van der Waals surface area contributed by atoms with E-state index < -0.39 is 0 Å². The highest BCUT2D eigenvalue weighted by molar-refractivity contribution is 7.16. The first-order chi connectivity index (χ1) is 24.7. The van der Waals surface area contributed by atoms with E-state index in [0.717, 1.165) is 108 Å². The highest BCUT2D eigenvalue weighted by Gasteiger charge is 2.09. The fourth-order valence-corrected chi connectivity index (χ4v) is 6.65. The van der Waals surface area contributed by atoms with Crippen LogP contribution in [0, 0.1) is 0 Å². The van der Waals surface area contributed by atoms with Crippen LogP contribution in [-0.4, -0.2) is 50.8 Å². The lowest BCUT2D eigenvalue weighted by Gasteiger charge is -2.12. The van der Waals surface area contributed by atoms with Gasteiger partial charge in [-0.2, -0.15) is 5.10 Å². The van der Waals surface area contributed by atoms with Gasteiger partial charge in [0.25, 0.3) is 6.47 Å². The number of hydrogen-bond donors (Lipinski definition) is 0. The van der Waals surface area contributed by atoms with Crippen molar-refractivity contribution in [3.05, 3.63) is 101 Å². The first kappa shape index (κ1) is 36.5. The lowest BCUT2D eigenvalue weighted by molar-refractivity contribution is -0.128. The lowest BCUT2D eigenvalue weighted by atomic mass is 9.95. The molecule has 50 heavy (non-hydrogen) atoms. The average Bonchev–Trinajstić information content (AvgIpc) is 3.47. The van der Waals surface area contributed by atoms with Gasteiger partial charge >= 0.3 is 0 Å². The topological polar surface area (TPSA) is 83.6 Å². The molecule has 0 unspecified atom stereocenters. The predicted molar refractivity (Wildman–Crippen MR) is 203 cm³/mol. The quantitative estimate of drug-likeness (QED) is 0.0331. The van der Waals surface area contributed by atoms with Crippen molar-refractivity contribution >= 4 is 34.2 Å². The third-order valence-corrected chi connectivity index (χ3v) is 9.57. The molecule has 1 aromatic heterocycles. The highest BCUT2D eigenvalue weighted by atomic mass is 32.1. The number of ether oxygens (including phenoxy) is 4. The number of methoxy groups -OCH3 is 1. The van der Waals surface area contributed by atoms with Crippen LogP contribution in [0.1, 0.15) is 56.9 Å². The van der Waals surface area contributed by atoms with Gasteiger partial charge in [-0.1, -0.05) is 66.3 Å². The second-order valence-electron chi connectivity index (χ2n) is 12.1. The predicted octanol–water partition coefficient (Wildman–Crippen LogP) is 9.21. The maximum absolute atomic E-state index is 10.2. The van der Waals surface area contributed by atoms with Gasteiger partial charge in [-0.3, -0.25) is 4.79 Å². The van der Waals surface area contributed by atoms with Crippen LogP contribution >= 0.6 is 11.3 Å². The number of para-hydroxylation sites is 1. The second-order valence-corrected chi connectivity index (χ2v) is 13.1. The molecular formula is C41H47N3O5S. The van der Waals surface area contributed by atoms with E-state index in [2.05, 4.69) is 69.4 Å². The van der Waals surface area contributed by atoms with E-state index in [1.807, 2.05) is 49.7 Å². The smallest absolute Gasteiger partial charge is 0.293 e. The minimum atomic E-state index is 0.484. The monoisotopic (exact) mass is 693 g/mol. The Kier molecular flexibility index (Phi) is 14.7. The zero-order valence-electron chi connectivity index (χ0n) is 29.1. The summed E-state index contributed by atoms with van der Waals surface area (Å²) in [5, 5.41) is 9.20. The maximum Gasteiger partial charge on any atom is 0.293 e. The molecule has 9 heteroatoms. The van der Waals surface area contributed by atoms with E-state index in [4.69, 9.17) is 18.9 Å². The normalized spacial score (nSPS) is 11.8. The SMILES string of the molecule is COCCCCCCOc1ccc(-c2ccc(-c3ccc(OCCCCCCOC=O)cc3)cc2/C=N/N=c2\sc3ccccc3n2C)cc1. The van der Waals surface area contributed by atoms with Gasteiger partial charge < -0.3 is 23.5 Å². The van der Waals surface area contributed by atoms with Crippen molar-refractivity contribution in [2.24, 2.45) is 17.3 Å². The third kappa shape index (κ3) is 10.9. The van der Waals surface area contributed by atoms with Gasteiger partial charge in [-0.25, -0.2) is 0 Å². The van der Waals surface area contributed by atoms with Crippen molar-refractivity contribution in [3.63, 3.8) is 0 Å². The number of rotatable bonds is 21. The van der Waals surface area contributed by atoms with Crippen molar-refractivity contribution in [2.75, 3.05) is 33.5 Å². The van der Waals surface area contributed by atoms with Crippen LogP contribution < -0.4 is 14.3 Å². The Balaban J connectivity index is 1.29. The molecule has 8 nitrogen and oxygen atoms in total. The van der Waals surface area contributed by atoms with Crippen molar-refractivity contribution in [2.45, 2.75) is 51.4 Å². The van der Waals surface area contributed by atoms with Crippen LogP contribution in [0.3, 0.4) is 0 Å². The fraction of sp³-hybridized carbons (Fsp3) is 0.341. The van der Waals surface area contributed by atoms with Crippen molar-refractivity contribution in [1.82, 2.24) is 4.57 Å². The standard InChI is InChI=1S/C41H47N3O5S/c1-44-39-13-7-8-14-40(39)50-41(44)43-42-30-35-29-34(32-15-20-36(21-16-32)48-28-12-6-4-10-26-47-31-45)19-24-38(35)33-17-22-37(23-18-33)49-27-11-5-3-9-25-46-2/h7-8,13-24,29-31H,3-6,9-12,25-28H2,1-2H3/b42-30+,43-41-. The summed E-state index contributed by atoms with van der Waals surface area (Å²) < 4.78 is 25.1. The summed E-state index contributed by atoms with van der Waals surface area (Å²) in [6.07, 6.45) is 10.2. The van der Waals surface area contributed by atoms with Gasteiger partial charge in [0.2, 0.25) is 4.80 Å². The molecule has 1 heterocycles. The molecule has 0 bridgehead atoms. The maximum atomic E-state index is 10.2. The first-order valence-electron chi connectivity index (χ1n) is 17.4. The first-order valence-corrected chi connectivity index (χ1v) is 18.2. The third-order valence-electron chi connectivity index (χ3n) is 8.46. The van der Waals surface area contributed by atoms with E-state index in [1.54, 1.807) is 18.4 Å². The zero-order valence-corrected chi connectivity index (χ0v) is 29.9. The Morgan fingerprint density at radius 2 is 1.28 bits per heavy atom. The highest BCUT2D eigenvalue weighted by Crippen LogP contribution is 2.30. The second kappa shape index (κ2) is 20.1. The van der Waals surface area contributed by atoms with Gasteiger partial charge in [-0.15, -0.1) is 5.10 Å². The molecule has 0 aliphatic carbocycles. The molecule has 262 valence electrons. The molecule has 0 N–H and O–H groups in total. The summed E-state index contributed by atoms with van der Waals surface area (Å²) in [5.41, 5.74) is 6.42. The largest absolute Gasteiger partial charge is 0.494 e. The molecule has 5 rings (SSSR count). The summed E-state index contributed by atoms with van der Waals surface area (Å²) in [6, 6.07) is 31.2. The molecule has 0 spiro atoms. The Morgan fingerprint density at radius 1 is 0.680 bits per heavy atom. The number of unbranched alkanes of at least 4 members (excludes halogenated alkanes) is 6. The van der Waals surface area contributed by atoms with Gasteiger partial charge in [0, 0.05) is 26.3 Å². The summed E-state index contributed by atoms with van der Waals surface area (Å²) in [6.45, 7) is 3.17. The minimum absolute atomic E-state index is 0.484. The Labute approximate surface area is 299 Å². The van der Waals surface area contributed by atoms with Crippen molar-refractivity contribution < 1.29 is 23.7 Å². The molecule has 0 amide bonds. The number of nitrogens with zero attached hydrogens (tertiary/aromatic N) is 3. The number of benzene rings is 4. The number of hydrogen-bond acceptors (Lipinski definition) is 8. The summed E-state index contributed by atoms with van der Waals surface area (Å²) in [7, 11) is 3.77. The number of aromatic nitrogens is 1. The van der Waals surface area contributed by atoms with Gasteiger partial charge in [0.1, 0.15) is 11.5 Å². The number of carbonyl (C=O) groups excluding carboxylic acids is 1. The minimum Gasteiger partial charge on any atom is -0.494 e. The Bertz CT molecular complexity index is 1860. The summed E-state index contributed by atoms with van der Waals surface area (Å²) >= 11 is 1.62. The number of fused-ring (bicyclic) bond motifs is 1. The Hall–Kier alpha value is -4.73. The van der Waals surface area contributed by atoms with E-state index >= 15 is 0 Å². The molecule has 0 aliphatic rings. The van der Waals surface area contributed by atoms with E-state index in [-0.39, 0.29) is 0 Å². The van der Waals surface area contributed by atoms with Gasteiger partial charge in [0.15, 0.2) is 0 Å². The van der Waals surface area contributed by atoms with Crippen LogP contribution in [0.25, 0.3) is 32.5 Å². The molecule has 0 saturated carbocycles. The number of aryl methyl sites for hydroxylation is 1. The lowest BCUT2D eigenvalue weighted by Crippen LogP contribution is -2.08. The average molecular weight is 694 g/mol. The van der Waals surface area contributed by atoms with Crippen molar-refractivity contribution in [1.29, 1.82) is 0 Å². The molecule has 5 aromatic rings. The fourth-order valence-electron chi connectivity index (χ4n) is 5.68. The van der Waals surface area contributed by atoms with Crippen LogP contribution in [0.4, 0.5) is 0 Å². The van der Waals surface area contributed by atoms with Crippen LogP contribution in [-0.2, 0) is 21.3 Å².